The van der Waals surface area contributed by atoms with E-state index < -0.39 is 30.7 Å². The highest BCUT2D eigenvalue weighted by molar-refractivity contribution is 6.03. The quantitative estimate of drug-likeness (QED) is 0.491. The second-order valence-electron chi connectivity index (χ2n) is 9.81. The Kier molecular flexibility index (Phi) is 6.73. The molecule has 0 bridgehead atoms. The zero-order valence-corrected chi connectivity index (χ0v) is 19.5. The summed E-state index contributed by atoms with van der Waals surface area (Å²) in [7, 11) is 3.43. The number of hydrogen-bond acceptors (Lipinski definition) is 8. The van der Waals surface area contributed by atoms with Gasteiger partial charge in [-0.2, -0.15) is 0 Å². The summed E-state index contributed by atoms with van der Waals surface area (Å²) in [4.78, 5) is 42.6. The van der Waals surface area contributed by atoms with Gasteiger partial charge >= 0.3 is 6.03 Å². The summed E-state index contributed by atoms with van der Waals surface area (Å²) in [5.74, 6) is -0.633. The minimum Gasteiger partial charge on any atom is -0.381 e. The van der Waals surface area contributed by atoms with Gasteiger partial charge in [-0.1, -0.05) is 0 Å². The molecule has 0 aromatic carbocycles. The molecule has 32 heavy (non-hydrogen) atoms. The molecule has 4 aliphatic rings. The fourth-order valence-electron chi connectivity index (χ4n) is 5.81. The van der Waals surface area contributed by atoms with Crippen molar-refractivity contribution in [2.75, 3.05) is 27.2 Å². The average molecular weight is 452 g/mol. The Bertz CT molecular complexity index is 744. The van der Waals surface area contributed by atoms with Crippen molar-refractivity contribution >= 4 is 17.8 Å². The first-order valence-corrected chi connectivity index (χ1v) is 11.7. The highest BCUT2D eigenvalue weighted by Gasteiger charge is 2.56. The van der Waals surface area contributed by atoms with Gasteiger partial charge in [0.25, 0.3) is 5.91 Å². The molecule has 180 valence electrons. The van der Waals surface area contributed by atoms with E-state index in [-0.39, 0.29) is 18.2 Å². The number of rotatable bonds is 6. The lowest BCUT2D eigenvalue weighted by Crippen LogP contribution is -2.67. The van der Waals surface area contributed by atoms with E-state index in [9.17, 15) is 14.4 Å². The molecule has 4 rings (SSSR count). The Balaban J connectivity index is 1.61. The number of primary amides is 1. The van der Waals surface area contributed by atoms with Crippen LogP contribution in [0.4, 0.5) is 4.79 Å². The fraction of sp³-hybridized carbons (Fsp3) is 0.857. The van der Waals surface area contributed by atoms with E-state index in [1.54, 1.807) is 14.2 Å². The molecule has 1 aliphatic carbocycles. The zero-order valence-electron chi connectivity index (χ0n) is 19.5. The molecule has 0 spiro atoms. The first-order valence-electron chi connectivity index (χ1n) is 11.7. The number of hydrazine groups is 1. The lowest BCUT2D eigenvalue weighted by atomic mass is 9.86. The number of nitrogens with zero attached hydrogens (tertiary/aromatic N) is 4. The number of methoxy groups -OCH3 is 1. The molecule has 3 aliphatic heterocycles. The number of likely N-dealkylation sites (N-methyl/N-ethyl adjacent to an activating group) is 1. The molecule has 11 nitrogen and oxygen atoms in total. The Morgan fingerprint density at radius 1 is 1.19 bits per heavy atom. The number of imide groups is 1. The molecule has 4 fully saturated rings. The van der Waals surface area contributed by atoms with Crippen molar-refractivity contribution in [1.82, 2.24) is 30.5 Å². The van der Waals surface area contributed by atoms with Crippen molar-refractivity contribution in [2.24, 2.45) is 11.7 Å². The number of carbonyl (C=O) groups is 3. The van der Waals surface area contributed by atoms with Crippen LogP contribution in [0.5, 0.6) is 0 Å². The standard InChI is InChI=1S/C21H37N7O4/c1-12-9-13(2)28(24-12)20-23-18-17(19(30)27(11-16(22)29)21(31)25(18)3)26(20)10-14-5-7-15(32-4)8-6-14/h12-15,17-18,20,23-24H,5-11H2,1-4H3,(H2,22,29). The predicted octanol–water partition coefficient (Wildman–Crippen LogP) is -0.558. The van der Waals surface area contributed by atoms with Gasteiger partial charge in [-0.3, -0.25) is 24.7 Å². The Morgan fingerprint density at radius 2 is 1.88 bits per heavy atom. The van der Waals surface area contributed by atoms with E-state index in [4.69, 9.17) is 10.5 Å². The van der Waals surface area contributed by atoms with Gasteiger partial charge in [0.05, 0.1) is 6.10 Å². The van der Waals surface area contributed by atoms with Crippen molar-refractivity contribution in [2.45, 2.75) is 82.6 Å². The van der Waals surface area contributed by atoms with Crippen LogP contribution in [0.15, 0.2) is 0 Å². The third-order valence-corrected chi connectivity index (χ3v) is 7.47. The molecular weight excluding hydrogens is 414 g/mol. The maximum absolute atomic E-state index is 13.5. The molecule has 1 saturated carbocycles. The molecule has 11 heteroatoms. The van der Waals surface area contributed by atoms with Gasteiger partial charge in [0.1, 0.15) is 25.0 Å². The van der Waals surface area contributed by atoms with Gasteiger partial charge in [-0.25, -0.2) is 15.2 Å². The third kappa shape index (κ3) is 4.24. The molecule has 3 saturated heterocycles. The number of carbonyl (C=O) groups excluding carboxylic acids is 3. The van der Waals surface area contributed by atoms with Crippen LogP contribution in [-0.2, 0) is 14.3 Å². The number of nitrogens with one attached hydrogen (secondary N) is 2. The molecule has 0 aromatic heterocycles. The van der Waals surface area contributed by atoms with Crippen molar-refractivity contribution < 1.29 is 19.1 Å². The highest BCUT2D eigenvalue weighted by atomic mass is 16.5. The molecular formula is C21H37N7O4. The van der Waals surface area contributed by atoms with Crippen LogP contribution >= 0.6 is 0 Å². The van der Waals surface area contributed by atoms with E-state index >= 15 is 0 Å². The number of urea groups is 1. The number of amides is 4. The van der Waals surface area contributed by atoms with Gasteiger partial charge in [0, 0.05) is 32.8 Å². The maximum atomic E-state index is 13.5. The number of fused-ring (bicyclic) bond motifs is 1. The first-order chi connectivity index (χ1) is 15.2. The van der Waals surface area contributed by atoms with Gasteiger partial charge in [0.15, 0.2) is 0 Å². The average Bonchev–Trinajstić information content (AvgIpc) is 3.29. The summed E-state index contributed by atoms with van der Waals surface area (Å²) < 4.78 is 5.52. The molecule has 4 N–H and O–H groups in total. The SMILES string of the molecule is COC1CCC(CN2C3C(=O)N(CC(N)=O)C(=O)N(C)C3NC2N2NC(C)CC2C)CC1. The van der Waals surface area contributed by atoms with Crippen LogP contribution < -0.4 is 16.5 Å². The topological polar surface area (TPSA) is 123 Å². The van der Waals surface area contributed by atoms with Crippen molar-refractivity contribution in [3.63, 3.8) is 0 Å². The molecule has 3 heterocycles. The van der Waals surface area contributed by atoms with Gasteiger partial charge in [0.2, 0.25) is 5.91 Å². The number of nitrogens with two attached hydrogens (primary N) is 1. The van der Waals surface area contributed by atoms with Gasteiger partial charge < -0.3 is 15.4 Å². The van der Waals surface area contributed by atoms with Crippen molar-refractivity contribution in [3.8, 4) is 0 Å². The van der Waals surface area contributed by atoms with E-state index in [0.717, 1.165) is 43.5 Å². The molecule has 0 radical (unpaired) electrons. The fourth-order valence-corrected chi connectivity index (χ4v) is 5.81. The highest BCUT2D eigenvalue weighted by Crippen LogP contribution is 2.34. The van der Waals surface area contributed by atoms with E-state index in [0.29, 0.717) is 18.1 Å². The van der Waals surface area contributed by atoms with E-state index in [1.807, 2.05) is 0 Å². The summed E-state index contributed by atoms with van der Waals surface area (Å²) in [6, 6.07) is -0.478. The van der Waals surface area contributed by atoms with Crippen LogP contribution in [0.3, 0.4) is 0 Å². The Hall–Kier alpha value is -1.79. The van der Waals surface area contributed by atoms with Crippen molar-refractivity contribution in [1.29, 1.82) is 0 Å². The Labute approximate surface area is 189 Å². The molecule has 4 amide bonds. The van der Waals surface area contributed by atoms with Gasteiger partial charge in [-0.05, 0) is 51.9 Å². The smallest absolute Gasteiger partial charge is 0.328 e. The van der Waals surface area contributed by atoms with E-state index in [1.165, 1.54) is 4.90 Å². The minimum atomic E-state index is -0.700. The Morgan fingerprint density at radius 3 is 2.44 bits per heavy atom. The largest absolute Gasteiger partial charge is 0.381 e. The number of ether oxygens (including phenoxy) is 1. The molecule has 0 aromatic rings. The summed E-state index contributed by atoms with van der Waals surface area (Å²) in [5.41, 5.74) is 8.87. The monoisotopic (exact) mass is 451 g/mol. The predicted molar refractivity (Wildman–Crippen MR) is 117 cm³/mol. The lowest BCUT2D eigenvalue weighted by molar-refractivity contribution is -0.142. The van der Waals surface area contributed by atoms with Crippen LogP contribution in [0, 0.1) is 5.92 Å². The summed E-state index contributed by atoms with van der Waals surface area (Å²) in [6.45, 7) is 4.63. The molecule has 5 unspecified atom stereocenters. The van der Waals surface area contributed by atoms with Gasteiger partial charge in [-0.15, -0.1) is 0 Å². The zero-order chi connectivity index (χ0) is 23.2. The first kappa shape index (κ1) is 23.4. The summed E-state index contributed by atoms with van der Waals surface area (Å²) in [5, 5.41) is 5.71. The van der Waals surface area contributed by atoms with Crippen LogP contribution in [0.25, 0.3) is 0 Å². The lowest BCUT2D eigenvalue weighted by Gasteiger charge is -2.42. The minimum absolute atomic E-state index is 0.238. The maximum Gasteiger partial charge on any atom is 0.328 e. The molecule has 5 atom stereocenters. The second-order valence-corrected chi connectivity index (χ2v) is 9.81. The summed E-state index contributed by atoms with van der Waals surface area (Å²) >= 11 is 0. The van der Waals surface area contributed by atoms with Crippen LogP contribution in [0.1, 0.15) is 46.0 Å². The third-order valence-electron chi connectivity index (χ3n) is 7.47. The second kappa shape index (κ2) is 9.22. The number of hydrogen-bond donors (Lipinski definition) is 3. The van der Waals surface area contributed by atoms with Crippen LogP contribution in [-0.4, -0.2) is 101 Å². The van der Waals surface area contributed by atoms with E-state index in [2.05, 4.69) is 34.5 Å². The van der Waals surface area contributed by atoms with Crippen LogP contribution in [0.2, 0.25) is 0 Å². The normalized spacial score (nSPS) is 39.1. The summed E-state index contributed by atoms with van der Waals surface area (Å²) in [6.07, 6.45) is 4.68. The van der Waals surface area contributed by atoms with Crippen molar-refractivity contribution in [3.05, 3.63) is 0 Å².